The molecule has 0 radical (unpaired) electrons. The zero-order chi connectivity index (χ0) is 27.8. The number of primary amides is 1. The molecule has 39 heavy (non-hydrogen) atoms. The van der Waals surface area contributed by atoms with Gasteiger partial charge in [0.25, 0.3) is 5.91 Å². The van der Waals surface area contributed by atoms with Crippen LogP contribution in [0.25, 0.3) is 4.85 Å². The Bertz CT molecular complexity index is 1250. The first kappa shape index (κ1) is 27.1. The van der Waals surface area contributed by atoms with Gasteiger partial charge in [0.05, 0.1) is 6.61 Å². The molecule has 12 heteroatoms. The number of amides is 2. The van der Waals surface area contributed by atoms with Crippen molar-refractivity contribution in [3.63, 3.8) is 0 Å². The third kappa shape index (κ3) is 5.38. The number of anilines is 1. The monoisotopic (exact) mass is 544 g/mol. The van der Waals surface area contributed by atoms with Gasteiger partial charge in [-0.25, -0.2) is 6.57 Å². The molecule has 1 aliphatic heterocycles. The Labute approximate surface area is 224 Å². The van der Waals surface area contributed by atoms with Crippen LogP contribution >= 0.6 is 0 Å². The van der Waals surface area contributed by atoms with Gasteiger partial charge in [-0.2, -0.15) is 18.3 Å². The predicted octanol–water partition coefficient (Wildman–Crippen LogP) is 3.72. The summed E-state index contributed by atoms with van der Waals surface area (Å²) in [6, 6.07) is 8.70. The second-order valence-corrected chi connectivity index (χ2v) is 10.9. The number of hydrogen-bond acceptors (Lipinski definition) is 5. The van der Waals surface area contributed by atoms with Crippen molar-refractivity contribution in [2.45, 2.75) is 68.5 Å². The number of carbonyl (C=O) groups excluding carboxylic acids is 2. The minimum Gasteiger partial charge on any atom is -0.365 e. The van der Waals surface area contributed by atoms with Crippen molar-refractivity contribution in [2.75, 3.05) is 25.0 Å². The molecule has 0 spiro atoms. The molecule has 9 nitrogen and oxygen atoms in total. The third-order valence-corrected chi connectivity index (χ3v) is 8.22. The largest absolute Gasteiger partial charge is 0.419 e. The lowest BCUT2D eigenvalue weighted by Gasteiger charge is -2.54. The van der Waals surface area contributed by atoms with Crippen LogP contribution in [0.3, 0.4) is 0 Å². The predicted molar refractivity (Wildman–Crippen MR) is 135 cm³/mol. The summed E-state index contributed by atoms with van der Waals surface area (Å²) < 4.78 is 49.1. The minimum atomic E-state index is -4.50. The van der Waals surface area contributed by atoms with E-state index in [-0.39, 0.29) is 55.5 Å². The molecule has 208 valence electrons. The van der Waals surface area contributed by atoms with Crippen molar-refractivity contribution in [3.05, 3.63) is 59.1 Å². The summed E-state index contributed by atoms with van der Waals surface area (Å²) in [6.07, 6.45) is 0.617. The van der Waals surface area contributed by atoms with Crippen molar-refractivity contribution in [3.8, 4) is 0 Å². The van der Waals surface area contributed by atoms with E-state index < -0.39 is 23.2 Å². The average molecular weight is 545 g/mol. The van der Waals surface area contributed by atoms with Crippen molar-refractivity contribution in [1.82, 2.24) is 14.7 Å². The molecule has 0 bridgehead atoms. The summed E-state index contributed by atoms with van der Waals surface area (Å²) in [5.41, 5.74) is 3.34. The Kier molecular flexibility index (Phi) is 7.15. The molecule has 1 saturated heterocycles. The molecular weight excluding hydrogens is 513 g/mol. The van der Waals surface area contributed by atoms with Crippen LogP contribution in [0.2, 0.25) is 0 Å². The highest BCUT2D eigenvalue weighted by Crippen LogP contribution is 2.46. The highest BCUT2D eigenvalue weighted by molar-refractivity contribution is 6.02. The van der Waals surface area contributed by atoms with Crippen molar-refractivity contribution in [1.29, 1.82) is 0 Å². The molecule has 1 aromatic carbocycles. The maximum atomic E-state index is 14.0. The second-order valence-electron chi connectivity index (χ2n) is 10.9. The fourth-order valence-electron chi connectivity index (χ4n) is 5.58. The second kappa shape index (κ2) is 10.3. The Hall–Kier alpha value is -3.43. The molecule has 3 fully saturated rings. The molecule has 3 aliphatic rings. The van der Waals surface area contributed by atoms with Crippen LogP contribution in [-0.4, -0.2) is 63.9 Å². The van der Waals surface area contributed by atoms with Crippen LogP contribution in [0.5, 0.6) is 0 Å². The number of ether oxygens (including phenoxy) is 1. The quantitative estimate of drug-likeness (QED) is 0.468. The molecule has 0 unspecified atom stereocenters. The van der Waals surface area contributed by atoms with E-state index in [9.17, 15) is 22.8 Å². The van der Waals surface area contributed by atoms with Gasteiger partial charge in [0.2, 0.25) is 12.5 Å². The molecular formula is C27H31F3N6O3. The lowest BCUT2D eigenvalue weighted by molar-refractivity contribution is -0.327. The fourth-order valence-corrected chi connectivity index (χ4v) is 5.58. The zero-order valence-corrected chi connectivity index (χ0v) is 21.4. The van der Waals surface area contributed by atoms with Crippen molar-refractivity contribution < 1.29 is 27.5 Å². The van der Waals surface area contributed by atoms with E-state index in [1.54, 1.807) is 39.9 Å². The van der Waals surface area contributed by atoms with Gasteiger partial charge in [-0.05, 0) is 44.1 Å². The number of carbonyl (C=O) groups is 2. The standard InChI is InChI=1S/C27H31F3N6O3/c1-32-15-25(36-13-21(22(31)37)23(34-36)33-24(38)19-7-8-19)11-9-20(10-12-25)35-16-26(17-35,27(28,29)30)39-14-18-5-3-2-4-6-18/h2-6,13,19-20H,7-12,14-17H2,(H2,31,37)(H,33,34,38). The Morgan fingerprint density at radius 1 is 1.15 bits per heavy atom. The third-order valence-electron chi connectivity index (χ3n) is 8.22. The molecule has 1 aromatic heterocycles. The number of nitrogens with one attached hydrogen (secondary N) is 1. The van der Waals surface area contributed by atoms with Gasteiger partial charge < -0.3 is 20.6 Å². The number of halogens is 3. The van der Waals surface area contributed by atoms with Gasteiger partial charge in [0.1, 0.15) is 11.1 Å². The topological polar surface area (TPSA) is 107 Å². The molecule has 2 aromatic rings. The Morgan fingerprint density at radius 3 is 2.38 bits per heavy atom. The highest BCUT2D eigenvalue weighted by Gasteiger charge is 2.64. The molecule has 2 aliphatic carbocycles. The summed E-state index contributed by atoms with van der Waals surface area (Å²) in [6.45, 7) is 7.01. The van der Waals surface area contributed by atoms with E-state index in [4.69, 9.17) is 17.0 Å². The molecule has 2 heterocycles. The van der Waals surface area contributed by atoms with Gasteiger partial charge in [0, 0.05) is 31.2 Å². The maximum Gasteiger partial charge on any atom is 0.419 e. The number of nitrogens with two attached hydrogens (primary N) is 1. The summed E-state index contributed by atoms with van der Waals surface area (Å²) in [7, 11) is 0. The van der Waals surface area contributed by atoms with E-state index in [1.165, 1.54) is 6.20 Å². The Balaban J connectivity index is 1.26. The van der Waals surface area contributed by atoms with E-state index in [0.717, 1.165) is 12.8 Å². The lowest BCUT2D eigenvalue weighted by Crippen LogP contribution is -2.72. The van der Waals surface area contributed by atoms with Crippen LogP contribution in [0, 0.1) is 12.5 Å². The first-order valence-corrected chi connectivity index (χ1v) is 13.1. The molecule has 0 atom stereocenters. The highest BCUT2D eigenvalue weighted by atomic mass is 19.4. The molecule has 5 rings (SSSR count). The normalized spacial score (nSPS) is 24.9. The minimum absolute atomic E-state index is 0.0729. The van der Waals surface area contributed by atoms with Crippen LogP contribution in [0.15, 0.2) is 36.5 Å². The summed E-state index contributed by atoms with van der Waals surface area (Å²) >= 11 is 0. The van der Waals surface area contributed by atoms with Gasteiger partial charge >= 0.3 is 6.18 Å². The number of rotatable bonds is 9. The number of benzene rings is 1. The first-order valence-electron chi connectivity index (χ1n) is 13.1. The van der Waals surface area contributed by atoms with Gasteiger partial charge in [-0.1, -0.05) is 30.3 Å². The smallest absolute Gasteiger partial charge is 0.365 e. The summed E-state index contributed by atoms with van der Waals surface area (Å²) in [5, 5.41) is 7.15. The number of nitrogens with zero attached hydrogens (tertiary/aromatic N) is 4. The molecule has 3 N–H and O–H groups in total. The number of likely N-dealkylation sites (tertiary alicyclic amines) is 1. The summed E-state index contributed by atoms with van der Waals surface area (Å²) in [4.78, 5) is 29.8. The van der Waals surface area contributed by atoms with E-state index in [1.807, 2.05) is 0 Å². The van der Waals surface area contributed by atoms with Crippen LogP contribution < -0.4 is 11.1 Å². The van der Waals surface area contributed by atoms with E-state index in [2.05, 4.69) is 15.3 Å². The first-order chi connectivity index (χ1) is 18.6. The van der Waals surface area contributed by atoms with Gasteiger partial charge in [0.15, 0.2) is 11.4 Å². The fraction of sp³-hybridized carbons (Fsp3) is 0.556. The van der Waals surface area contributed by atoms with Crippen LogP contribution in [-0.2, 0) is 21.7 Å². The van der Waals surface area contributed by atoms with Crippen molar-refractivity contribution in [2.24, 2.45) is 11.7 Å². The van der Waals surface area contributed by atoms with E-state index >= 15 is 0 Å². The maximum absolute atomic E-state index is 14.0. The average Bonchev–Trinajstić information content (AvgIpc) is 3.64. The number of aromatic nitrogens is 2. The molecule has 2 amide bonds. The lowest BCUT2D eigenvalue weighted by atomic mass is 9.77. The molecule has 2 saturated carbocycles. The zero-order valence-electron chi connectivity index (χ0n) is 21.4. The number of alkyl halides is 3. The van der Waals surface area contributed by atoms with Gasteiger partial charge in [-0.3, -0.25) is 19.2 Å². The SMILES string of the molecule is [C-]#[N+]CC1(n2cc(C(N)=O)c(NC(=O)C3CC3)n2)CCC(N2CC(OCc3ccccc3)(C(F)(F)F)C2)CC1. The number of hydrogen-bond donors (Lipinski definition) is 2. The Morgan fingerprint density at radius 2 is 1.82 bits per heavy atom. The van der Waals surface area contributed by atoms with Crippen LogP contribution in [0.1, 0.15) is 54.4 Å². The van der Waals surface area contributed by atoms with Crippen LogP contribution in [0.4, 0.5) is 19.0 Å². The van der Waals surface area contributed by atoms with E-state index in [0.29, 0.717) is 31.2 Å². The summed E-state index contributed by atoms with van der Waals surface area (Å²) in [5.74, 6) is -0.968. The van der Waals surface area contributed by atoms with Crippen molar-refractivity contribution >= 4 is 17.6 Å². The van der Waals surface area contributed by atoms with Gasteiger partial charge in [-0.15, -0.1) is 0 Å².